The normalized spacial score (nSPS) is 13.3. The number of nitrogens with zero attached hydrogens (tertiary/aromatic N) is 2. The topological polar surface area (TPSA) is 87.6 Å². The van der Waals surface area contributed by atoms with Gasteiger partial charge in [0.1, 0.15) is 11.9 Å². The van der Waals surface area contributed by atoms with E-state index in [-0.39, 0.29) is 17.5 Å². The third-order valence-corrected chi connectivity index (χ3v) is 4.42. The number of anilines is 1. The maximum atomic E-state index is 12.2. The molecule has 0 amide bonds. The van der Waals surface area contributed by atoms with Crippen molar-refractivity contribution in [1.82, 2.24) is 4.98 Å². The van der Waals surface area contributed by atoms with Crippen LogP contribution in [0.25, 0.3) is 0 Å². The number of sulfonamides is 1. The lowest BCUT2D eigenvalue weighted by molar-refractivity contribution is -0.139. The third-order valence-electron chi connectivity index (χ3n) is 2.68. The molecule has 19 heavy (non-hydrogen) atoms. The van der Waals surface area contributed by atoms with Gasteiger partial charge in [0, 0.05) is 6.20 Å². The van der Waals surface area contributed by atoms with E-state index < -0.39 is 22.0 Å². The van der Waals surface area contributed by atoms with Crippen LogP contribution in [0.3, 0.4) is 0 Å². The average Bonchev–Trinajstić information content (AvgIpc) is 2.35. The predicted molar refractivity (Wildman–Crippen MR) is 72.4 cm³/mol. The number of carboxylic acid groups (broad SMARTS) is 1. The largest absolute Gasteiger partial charge is 0.480 e. The van der Waals surface area contributed by atoms with Crippen molar-refractivity contribution in [1.29, 1.82) is 0 Å². The van der Waals surface area contributed by atoms with Crippen molar-refractivity contribution in [2.45, 2.75) is 26.8 Å². The fraction of sp³-hybridized carbons (Fsp3) is 0.500. The average molecular weight is 286 g/mol. The summed E-state index contributed by atoms with van der Waals surface area (Å²) in [7, 11) is -3.71. The SMILES string of the molecule is CCS(=O)(=O)N(c1ccccn1)C(C(=O)O)C(C)C. The van der Waals surface area contributed by atoms with Gasteiger partial charge in [-0.25, -0.2) is 22.5 Å². The van der Waals surface area contributed by atoms with Crippen LogP contribution in [0.15, 0.2) is 24.4 Å². The van der Waals surface area contributed by atoms with Crippen LogP contribution in [-0.4, -0.2) is 36.3 Å². The standard InChI is InChI=1S/C12H18N2O4S/c1-4-19(17,18)14(10-7-5-6-8-13-10)11(9(2)3)12(15)16/h5-9,11H,4H2,1-3H3,(H,15,16). The number of carbonyl (C=O) groups is 1. The van der Waals surface area contributed by atoms with Crippen molar-refractivity contribution in [2.75, 3.05) is 10.1 Å². The van der Waals surface area contributed by atoms with Gasteiger partial charge in [-0.05, 0) is 25.0 Å². The van der Waals surface area contributed by atoms with Crippen molar-refractivity contribution in [3.8, 4) is 0 Å². The summed E-state index contributed by atoms with van der Waals surface area (Å²) >= 11 is 0. The molecule has 0 aliphatic rings. The highest BCUT2D eigenvalue weighted by Gasteiger charge is 2.36. The number of carboxylic acids is 1. The molecule has 1 atom stereocenters. The predicted octanol–water partition coefficient (Wildman–Crippen LogP) is 1.35. The highest BCUT2D eigenvalue weighted by Crippen LogP contribution is 2.23. The minimum Gasteiger partial charge on any atom is -0.480 e. The maximum absolute atomic E-state index is 12.2. The molecule has 1 N–H and O–H groups in total. The molecule has 0 aliphatic heterocycles. The van der Waals surface area contributed by atoms with Gasteiger partial charge in [0.25, 0.3) is 0 Å². The lowest BCUT2D eigenvalue weighted by atomic mass is 10.0. The zero-order chi connectivity index (χ0) is 14.6. The molecule has 1 rings (SSSR count). The second kappa shape index (κ2) is 6.01. The van der Waals surface area contributed by atoms with Crippen LogP contribution in [0, 0.1) is 5.92 Å². The van der Waals surface area contributed by atoms with E-state index in [0.29, 0.717) is 0 Å². The minimum absolute atomic E-state index is 0.130. The van der Waals surface area contributed by atoms with Crippen LogP contribution in [0.1, 0.15) is 20.8 Å². The fourth-order valence-corrected chi connectivity index (χ4v) is 3.09. The molecule has 1 aromatic heterocycles. The highest BCUT2D eigenvalue weighted by atomic mass is 32.2. The lowest BCUT2D eigenvalue weighted by Gasteiger charge is -2.31. The number of pyridine rings is 1. The Morgan fingerprint density at radius 1 is 1.42 bits per heavy atom. The van der Waals surface area contributed by atoms with Crippen LogP contribution in [-0.2, 0) is 14.8 Å². The summed E-state index contributed by atoms with van der Waals surface area (Å²) in [6.07, 6.45) is 1.44. The molecule has 0 saturated heterocycles. The molecule has 0 radical (unpaired) electrons. The monoisotopic (exact) mass is 286 g/mol. The van der Waals surface area contributed by atoms with Gasteiger partial charge < -0.3 is 5.11 Å². The number of aliphatic carboxylic acids is 1. The van der Waals surface area contributed by atoms with Crippen LogP contribution >= 0.6 is 0 Å². The first-order valence-electron chi connectivity index (χ1n) is 5.97. The number of rotatable bonds is 6. The molecule has 106 valence electrons. The van der Waals surface area contributed by atoms with Crippen molar-refractivity contribution < 1.29 is 18.3 Å². The Balaban J connectivity index is 3.40. The zero-order valence-corrected chi connectivity index (χ0v) is 12.0. The molecule has 0 fully saturated rings. The molecule has 0 aliphatic carbocycles. The van der Waals surface area contributed by atoms with Crippen LogP contribution in [0.5, 0.6) is 0 Å². The Morgan fingerprint density at radius 3 is 2.42 bits per heavy atom. The first kappa shape index (κ1) is 15.4. The first-order valence-corrected chi connectivity index (χ1v) is 7.58. The van der Waals surface area contributed by atoms with Gasteiger partial charge in [0.05, 0.1) is 5.75 Å². The Labute approximate surface area is 113 Å². The Hall–Kier alpha value is -1.63. The number of hydrogen-bond donors (Lipinski definition) is 1. The Kier molecular flexibility index (Phi) is 4.88. The molecule has 0 saturated carbocycles. The second-order valence-electron chi connectivity index (χ2n) is 4.41. The fourth-order valence-electron chi connectivity index (χ4n) is 1.74. The lowest BCUT2D eigenvalue weighted by Crippen LogP contribution is -2.49. The molecule has 0 aromatic carbocycles. The Morgan fingerprint density at radius 2 is 2.05 bits per heavy atom. The Bertz CT molecular complexity index is 528. The van der Waals surface area contributed by atoms with E-state index >= 15 is 0 Å². The summed E-state index contributed by atoms with van der Waals surface area (Å²) in [4.78, 5) is 15.3. The van der Waals surface area contributed by atoms with Gasteiger partial charge in [-0.15, -0.1) is 0 Å². The molecule has 1 aromatic rings. The molecule has 7 heteroatoms. The first-order chi connectivity index (χ1) is 8.81. The molecule has 6 nitrogen and oxygen atoms in total. The van der Waals surface area contributed by atoms with Crippen molar-refractivity contribution in [3.63, 3.8) is 0 Å². The second-order valence-corrected chi connectivity index (χ2v) is 6.55. The van der Waals surface area contributed by atoms with E-state index in [1.54, 1.807) is 26.0 Å². The van der Waals surface area contributed by atoms with E-state index in [9.17, 15) is 18.3 Å². The van der Waals surface area contributed by atoms with Crippen LogP contribution in [0.4, 0.5) is 5.82 Å². The van der Waals surface area contributed by atoms with Gasteiger partial charge in [-0.1, -0.05) is 19.9 Å². The maximum Gasteiger partial charge on any atom is 0.327 e. The summed E-state index contributed by atoms with van der Waals surface area (Å²) in [5, 5.41) is 9.30. The summed E-state index contributed by atoms with van der Waals surface area (Å²) < 4.78 is 25.2. The number of aromatic nitrogens is 1. The summed E-state index contributed by atoms with van der Waals surface area (Å²) in [5.74, 6) is -1.61. The van der Waals surface area contributed by atoms with E-state index in [1.807, 2.05) is 0 Å². The van der Waals surface area contributed by atoms with Crippen molar-refractivity contribution in [2.24, 2.45) is 5.92 Å². The van der Waals surface area contributed by atoms with Crippen molar-refractivity contribution in [3.05, 3.63) is 24.4 Å². The van der Waals surface area contributed by atoms with Crippen molar-refractivity contribution >= 4 is 21.8 Å². The van der Waals surface area contributed by atoms with E-state index in [1.165, 1.54) is 19.2 Å². The summed E-state index contributed by atoms with van der Waals surface area (Å²) in [6.45, 7) is 4.81. The van der Waals surface area contributed by atoms with E-state index in [4.69, 9.17) is 0 Å². The van der Waals surface area contributed by atoms with E-state index in [2.05, 4.69) is 4.98 Å². The summed E-state index contributed by atoms with van der Waals surface area (Å²) in [6, 6.07) is 3.59. The molecular weight excluding hydrogens is 268 g/mol. The van der Waals surface area contributed by atoms with Gasteiger partial charge in [0.2, 0.25) is 10.0 Å². The summed E-state index contributed by atoms with van der Waals surface area (Å²) in [5.41, 5.74) is 0. The molecular formula is C12H18N2O4S. The van der Waals surface area contributed by atoms with Gasteiger partial charge >= 0.3 is 5.97 Å². The van der Waals surface area contributed by atoms with Gasteiger partial charge in [-0.2, -0.15) is 0 Å². The zero-order valence-electron chi connectivity index (χ0n) is 11.1. The van der Waals surface area contributed by atoms with E-state index in [0.717, 1.165) is 4.31 Å². The quantitative estimate of drug-likeness (QED) is 0.852. The molecule has 1 unspecified atom stereocenters. The number of hydrogen-bond acceptors (Lipinski definition) is 4. The van der Waals surface area contributed by atoms with Crippen LogP contribution < -0.4 is 4.31 Å². The molecule has 0 bridgehead atoms. The smallest absolute Gasteiger partial charge is 0.327 e. The molecule has 0 spiro atoms. The highest BCUT2D eigenvalue weighted by molar-refractivity contribution is 7.92. The minimum atomic E-state index is -3.71. The van der Waals surface area contributed by atoms with Gasteiger partial charge in [0.15, 0.2) is 0 Å². The third kappa shape index (κ3) is 3.44. The van der Waals surface area contributed by atoms with Crippen LogP contribution in [0.2, 0.25) is 0 Å². The van der Waals surface area contributed by atoms with Gasteiger partial charge in [-0.3, -0.25) is 0 Å². The molecule has 1 heterocycles.